The average molecular weight is 294 g/mol. The van der Waals surface area contributed by atoms with Crippen LogP contribution in [0.25, 0.3) is 0 Å². The summed E-state index contributed by atoms with van der Waals surface area (Å²) in [5.74, 6) is -0.00170. The summed E-state index contributed by atoms with van der Waals surface area (Å²) in [4.78, 5) is 14.1. The molecule has 118 valence electrons. The van der Waals surface area contributed by atoms with Crippen molar-refractivity contribution in [3.63, 3.8) is 0 Å². The summed E-state index contributed by atoms with van der Waals surface area (Å²) >= 11 is 0. The Morgan fingerprint density at radius 2 is 2.38 bits per heavy atom. The molecule has 1 amide bonds. The van der Waals surface area contributed by atoms with Gasteiger partial charge >= 0.3 is 0 Å². The van der Waals surface area contributed by atoms with E-state index < -0.39 is 0 Å². The van der Waals surface area contributed by atoms with E-state index in [9.17, 15) is 4.79 Å². The minimum absolute atomic E-state index is 0.00170. The van der Waals surface area contributed by atoms with Gasteiger partial charge in [0.05, 0.1) is 30.2 Å². The largest absolute Gasteiger partial charge is 0.378 e. The molecule has 0 aromatic carbocycles. The molecule has 2 heterocycles. The van der Waals surface area contributed by atoms with Crippen LogP contribution >= 0.6 is 0 Å². The predicted molar refractivity (Wildman–Crippen MR) is 82.3 cm³/mol. The number of ether oxygens (including phenoxy) is 1. The first-order chi connectivity index (χ1) is 10.1. The van der Waals surface area contributed by atoms with E-state index in [0.29, 0.717) is 12.6 Å². The Morgan fingerprint density at radius 1 is 1.57 bits per heavy atom. The van der Waals surface area contributed by atoms with Crippen LogP contribution in [0.1, 0.15) is 31.4 Å². The minimum Gasteiger partial charge on any atom is -0.378 e. The molecule has 0 aliphatic carbocycles. The summed E-state index contributed by atoms with van der Waals surface area (Å²) in [6, 6.07) is 0. The van der Waals surface area contributed by atoms with E-state index in [1.54, 1.807) is 10.9 Å². The first-order valence-electron chi connectivity index (χ1n) is 7.65. The van der Waals surface area contributed by atoms with Crippen molar-refractivity contribution >= 4 is 11.6 Å². The first-order valence-corrected chi connectivity index (χ1v) is 7.65. The van der Waals surface area contributed by atoms with Gasteiger partial charge in [0.25, 0.3) is 0 Å². The summed E-state index contributed by atoms with van der Waals surface area (Å²) in [6.07, 6.45) is 6.63. The maximum Gasteiger partial charge on any atom is 0.238 e. The van der Waals surface area contributed by atoms with Gasteiger partial charge in [-0.25, -0.2) is 0 Å². The summed E-state index contributed by atoms with van der Waals surface area (Å²) in [5.41, 5.74) is 1.74. The van der Waals surface area contributed by atoms with E-state index in [0.717, 1.165) is 37.4 Å². The lowest BCUT2D eigenvalue weighted by Crippen LogP contribution is -2.33. The lowest BCUT2D eigenvalue weighted by atomic mass is 10.1. The third-order valence-electron chi connectivity index (χ3n) is 4.03. The Morgan fingerprint density at radius 3 is 3.00 bits per heavy atom. The Kier molecular flexibility index (Phi) is 5.76. The molecule has 1 aromatic heterocycles. The maximum absolute atomic E-state index is 12.0. The highest BCUT2D eigenvalue weighted by molar-refractivity contribution is 5.92. The van der Waals surface area contributed by atoms with E-state index >= 15 is 0 Å². The fraction of sp³-hybridized carbons (Fsp3) is 0.733. The van der Waals surface area contributed by atoms with Gasteiger partial charge in [-0.3, -0.25) is 14.4 Å². The zero-order valence-electron chi connectivity index (χ0n) is 13.3. The van der Waals surface area contributed by atoms with Crippen molar-refractivity contribution in [3.8, 4) is 0 Å². The predicted octanol–water partition coefficient (Wildman–Crippen LogP) is 1.56. The van der Waals surface area contributed by atoms with Crippen LogP contribution in [0.15, 0.2) is 6.20 Å². The normalized spacial score (nSPS) is 19.0. The van der Waals surface area contributed by atoms with Crippen molar-refractivity contribution in [2.75, 3.05) is 32.1 Å². The Balaban J connectivity index is 1.70. The molecule has 1 aromatic rings. The molecule has 21 heavy (non-hydrogen) atoms. The van der Waals surface area contributed by atoms with Crippen molar-refractivity contribution in [3.05, 3.63) is 11.9 Å². The van der Waals surface area contributed by atoms with E-state index in [1.807, 2.05) is 25.9 Å². The molecule has 6 nitrogen and oxygen atoms in total. The van der Waals surface area contributed by atoms with Crippen LogP contribution in [-0.4, -0.2) is 53.4 Å². The van der Waals surface area contributed by atoms with Crippen LogP contribution in [-0.2, 0) is 16.6 Å². The van der Waals surface area contributed by atoms with Crippen molar-refractivity contribution in [1.29, 1.82) is 0 Å². The molecule has 0 saturated carbocycles. The number of carbonyl (C=O) groups excluding carboxylic acids is 1. The number of carbonyl (C=O) groups is 1. The van der Waals surface area contributed by atoms with Crippen molar-refractivity contribution < 1.29 is 9.53 Å². The number of hydrogen-bond acceptors (Lipinski definition) is 4. The molecule has 6 heteroatoms. The summed E-state index contributed by atoms with van der Waals surface area (Å²) < 4.78 is 7.46. The fourth-order valence-corrected chi connectivity index (χ4v) is 2.53. The number of nitrogens with one attached hydrogen (secondary N) is 1. The maximum atomic E-state index is 12.0. The highest BCUT2D eigenvalue weighted by Gasteiger charge is 2.15. The van der Waals surface area contributed by atoms with Gasteiger partial charge in [-0.15, -0.1) is 0 Å². The van der Waals surface area contributed by atoms with E-state index in [2.05, 4.69) is 10.4 Å². The monoisotopic (exact) mass is 294 g/mol. The van der Waals surface area contributed by atoms with Crippen LogP contribution in [0.3, 0.4) is 0 Å². The standard InChI is InChI=1S/C15H26N4O2/c1-12-14(10-16-19(12)3)17-15(20)11-18(2)8-7-13-6-4-5-9-21-13/h10,13H,4-9,11H2,1-3H3,(H,17,20). The molecule has 1 atom stereocenters. The Labute approximate surface area is 126 Å². The fourth-order valence-electron chi connectivity index (χ4n) is 2.53. The van der Waals surface area contributed by atoms with Crippen molar-refractivity contribution in [2.45, 2.75) is 38.7 Å². The number of anilines is 1. The minimum atomic E-state index is -0.00170. The second-order valence-corrected chi connectivity index (χ2v) is 5.83. The lowest BCUT2D eigenvalue weighted by Gasteiger charge is -2.24. The third-order valence-corrected chi connectivity index (χ3v) is 4.03. The highest BCUT2D eigenvalue weighted by atomic mass is 16.5. The smallest absolute Gasteiger partial charge is 0.238 e. The Bertz CT molecular complexity index is 466. The van der Waals surface area contributed by atoms with Gasteiger partial charge in [0.15, 0.2) is 0 Å². The zero-order chi connectivity index (χ0) is 15.2. The topological polar surface area (TPSA) is 59.4 Å². The molecule has 0 spiro atoms. The molecule has 1 aliphatic rings. The van der Waals surface area contributed by atoms with E-state index in [-0.39, 0.29) is 5.91 Å². The Hall–Kier alpha value is -1.40. The van der Waals surface area contributed by atoms with Crippen molar-refractivity contribution in [2.24, 2.45) is 7.05 Å². The van der Waals surface area contributed by atoms with Crippen LogP contribution in [0.4, 0.5) is 5.69 Å². The van der Waals surface area contributed by atoms with Crippen LogP contribution in [0.2, 0.25) is 0 Å². The second-order valence-electron chi connectivity index (χ2n) is 5.83. The number of nitrogens with zero attached hydrogens (tertiary/aromatic N) is 3. The first kappa shape index (κ1) is 16.0. The summed E-state index contributed by atoms with van der Waals surface area (Å²) in [5, 5.41) is 7.02. The van der Waals surface area contributed by atoms with Crippen molar-refractivity contribution in [1.82, 2.24) is 14.7 Å². The molecule has 1 N–H and O–H groups in total. The molecule has 0 radical (unpaired) electrons. The van der Waals surface area contributed by atoms with Gasteiger partial charge in [0.2, 0.25) is 5.91 Å². The number of likely N-dealkylation sites (N-methyl/N-ethyl adjacent to an activating group) is 1. The second kappa shape index (κ2) is 7.56. The zero-order valence-corrected chi connectivity index (χ0v) is 13.3. The van der Waals surface area contributed by atoms with Gasteiger partial charge < -0.3 is 10.1 Å². The molecule has 1 fully saturated rings. The van der Waals surface area contributed by atoms with Gasteiger partial charge in [0.1, 0.15) is 0 Å². The molecular formula is C15H26N4O2. The summed E-state index contributed by atoms with van der Waals surface area (Å²) in [7, 11) is 3.83. The number of aromatic nitrogens is 2. The lowest BCUT2D eigenvalue weighted by molar-refractivity contribution is -0.117. The van der Waals surface area contributed by atoms with Crippen LogP contribution in [0, 0.1) is 6.92 Å². The molecule has 0 bridgehead atoms. The van der Waals surface area contributed by atoms with Gasteiger partial charge in [-0.05, 0) is 39.7 Å². The average Bonchev–Trinajstić information content (AvgIpc) is 2.78. The summed E-state index contributed by atoms with van der Waals surface area (Å²) in [6.45, 7) is 4.09. The number of aryl methyl sites for hydroxylation is 1. The third kappa shape index (κ3) is 4.82. The van der Waals surface area contributed by atoms with E-state index in [1.165, 1.54) is 12.8 Å². The van der Waals surface area contributed by atoms with Crippen LogP contribution < -0.4 is 5.32 Å². The number of rotatable bonds is 6. The highest BCUT2D eigenvalue weighted by Crippen LogP contribution is 2.16. The molecule has 1 unspecified atom stereocenters. The number of amides is 1. The quantitative estimate of drug-likeness (QED) is 0.865. The molecule has 1 saturated heterocycles. The SMILES string of the molecule is Cc1c(NC(=O)CN(C)CCC2CCCCO2)cnn1C. The molecular weight excluding hydrogens is 268 g/mol. The van der Waals surface area contributed by atoms with Gasteiger partial charge in [-0.1, -0.05) is 0 Å². The molecule has 1 aliphatic heterocycles. The number of hydrogen-bond donors (Lipinski definition) is 1. The van der Waals surface area contributed by atoms with Gasteiger partial charge in [-0.2, -0.15) is 5.10 Å². The molecule has 2 rings (SSSR count). The van der Waals surface area contributed by atoms with Gasteiger partial charge in [0, 0.05) is 20.2 Å². The van der Waals surface area contributed by atoms with E-state index in [4.69, 9.17) is 4.74 Å². The van der Waals surface area contributed by atoms with Crippen LogP contribution in [0.5, 0.6) is 0 Å².